The van der Waals surface area contributed by atoms with Crippen LogP contribution in [0.3, 0.4) is 0 Å². The predicted molar refractivity (Wildman–Crippen MR) is 75.5 cm³/mol. The minimum absolute atomic E-state index is 0.00164. The molecule has 0 aliphatic rings. The van der Waals surface area contributed by atoms with E-state index in [1.165, 1.54) is 15.7 Å². The second-order valence-electron chi connectivity index (χ2n) is 3.93. The van der Waals surface area contributed by atoms with Gasteiger partial charge in [0.1, 0.15) is 12.8 Å². The molecule has 2 heterocycles. The Hall–Kier alpha value is -2.12. The van der Waals surface area contributed by atoms with Gasteiger partial charge < -0.3 is 14.9 Å². The Labute approximate surface area is 122 Å². The van der Waals surface area contributed by atoms with Gasteiger partial charge in [-0.05, 0) is 11.0 Å². The van der Waals surface area contributed by atoms with Gasteiger partial charge in [0.25, 0.3) is 4.96 Å². The van der Waals surface area contributed by atoms with Crippen LogP contribution in [0.25, 0.3) is 4.96 Å². The molecule has 3 rings (SSSR count). The van der Waals surface area contributed by atoms with Crippen molar-refractivity contribution in [3.05, 3.63) is 56.5 Å². The summed E-state index contributed by atoms with van der Waals surface area (Å²) in [6.07, 6.45) is 1.59. The Balaban J connectivity index is 1.91. The number of hydrogen-bond donors (Lipinski definition) is 0. The summed E-state index contributed by atoms with van der Waals surface area (Å²) in [5.74, 6) is -0.171. The molecule has 0 atom stereocenters. The zero-order valence-electron chi connectivity index (χ0n) is 10.0. The van der Waals surface area contributed by atoms with Crippen molar-refractivity contribution in [3.8, 4) is 5.88 Å². The van der Waals surface area contributed by atoms with Crippen molar-refractivity contribution in [1.82, 2.24) is 9.38 Å². The zero-order valence-corrected chi connectivity index (χ0v) is 11.6. The first-order valence-electron chi connectivity index (χ1n) is 5.63. The largest absolute Gasteiger partial charge is 0.467 e. The molecule has 6 nitrogen and oxygen atoms in total. The van der Waals surface area contributed by atoms with Gasteiger partial charge in [-0.3, -0.25) is 0 Å². The first-order valence-corrected chi connectivity index (χ1v) is 6.88. The predicted octanol–water partition coefficient (Wildman–Crippen LogP) is 3.54. The van der Waals surface area contributed by atoms with Gasteiger partial charge in [0.2, 0.25) is 0 Å². The van der Waals surface area contributed by atoms with Crippen LogP contribution in [0.1, 0.15) is 5.56 Å². The molecule has 2 aromatic heterocycles. The van der Waals surface area contributed by atoms with Crippen LogP contribution in [-0.4, -0.2) is 14.3 Å². The molecule has 0 radical (unpaired) electrons. The van der Waals surface area contributed by atoms with E-state index < -0.39 is 4.92 Å². The third-order valence-corrected chi connectivity index (χ3v) is 3.83. The fraction of sp³-hybridized carbons (Fsp3) is 0.0833. The molecule has 0 saturated heterocycles. The van der Waals surface area contributed by atoms with Gasteiger partial charge in [0.15, 0.2) is 0 Å². The second kappa shape index (κ2) is 5.10. The maximum Gasteiger partial charge on any atom is 0.393 e. The highest BCUT2D eigenvalue weighted by Gasteiger charge is 2.25. The smallest absolute Gasteiger partial charge is 0.393 e. The molecule has 0 saturated carbocycles. The summed E-state index contributed by atoms with van der Waals surface area (Å²) in [5.41, 5.74) is 0.750. The maximum atomic E-state index is 11.1. The normalized spacial score (nSPS) is 10.8. The number of nitrogens with zero attached hydrogens (tertiary/aromatic N) is 3. The van der Waals surface area contributed by atoms with Crippen molar-refractivity contribution in [2.24, 2.45) is 0 Å². The number of imidazole rings is 1. The van der Waals surface area contributed by atoms with Gasteiger partial charge >= 0.3 is 11.7 Å². The van der Waals surface area contributed by atoms with Gasteiger partial charge in [0, 0.05) is 16.0 Å². The summed E-state index contributed by atoms with van der Waals surface area (Å²) >= 11 is 7.32. The molecule has 1 aromatic carbocycles. The topological polar surface area (TPSA) is 69.7 Å². The van der Waals surface area contributed by atoms with E-state index in [0.29, 0.717) is 9.98 Å². The van der Waals surface area contributed by atoms with E-state index in [9.17, 15) is 10.1 Å². The fourth-order valence-electron chi connectivity index (χ4n) is 1.78. The Morgan fingerprint density at radius 3 is 3.00 bits per heavy atom. The zero-order chi connectivity index (χ0) is 14.1. The van der Waals surface area contributed by atoms with Crippen molar-refractivity contribution >= 4 is 33.7 Å². The van der Waals surface area contributed by atoms with E-state index in [2.05, 4.69) is 4.98 Å². The molecule has 0 bridgehead atoms. The van der Waals surface area contributed by atoms with Crippen LogP contribution in [0.15, 0.2) is 35.8 Å². The van der Waals surface area contributed by atoms with Crippen LogP contribution in [0, 0.1) is 10.1 Å². The molecule has 3 aromatic rings. The monoisotopic (exact) mass is 309 g/mol. The Morgan fingerprint density at radius 2 is 2.25 bits per heavy atom. The van der Waals surface area contributed by atoms with E-state index in [4.69, 9.17) is 16.3 Å². The van der Waals surface area contributed by atoms with Crippen molar-refractivity contribution < 1.29 is 9.66 Å². The third kappa shape index (κ3) is 2.21. The molecular weight excluding hydrogens is 302 g/mol. The van der Waals surface area contributed by atoms with E-state index in [1.54, 1.807) is 29.8 Å². The van der Waals surface area contributed by atoms with Crippen LogP contribution in [0.4, 0.5) is 5.82 Å². The van der Waals surface area contributed by atoms with Crippen molar-refractivity contribution in [1.29, 1.82) is 0 Å². The SMILES string of the molecule is O=[N+]([O-])c1c(OCc2ccccc2Cl)nc2sccn12. The van der Waals surface area contributed by atoms with Crippen LogP contribution >= 0.6 is 22.9 Å². The number of hydrogen-bond acceptors (Lipinski definition) is 5. The molecule has 102 valence electrons. The lowest BCUT2D eigenvalue weighted by Gasteiger charge is -2.04. The quantitative estimate of drug-likeness (QED) is 0.546. The number of benzene rings is 1. The van der Waals surface area contributed by atoms with Gasteiger partial charge in [-0.2, -0.15) is 9.38 Å². The lowest BCUT2D eigenvalue weighted by molar-refractivity contribution is -0.391. The Morgan fingerprint density at radius 1 is 1.45 bits per heavy atom. The average molecular weight is 310 g/mol. The highest BCUT2D eigenvalue weighted by Crippen LogP contribution is 2.30. The molecule has 0 spiro atoms. The van der Waals surface area contributed by atoms with E-state index in [-0.39, 0.29) is 18.3 Å². The molecule has 8 heteroatoms. The molecule has 0 amide bonds. The van der Waals surface area contributed by atoms with Gasteiger partial charge in [-0.1, -0.05) is 41.1 Å². The molecule has 0 unspecified atom stereocenters. The van der Waals surface area contributed by atoms with Crippen LogP contribution < -0.4 is 4.74 Å². The van der Waals surface area contributed by atoms with Crippen molar-refractivity contribution in [2.45, 2.75) is 6.61 Å². The highest BCUT2D eigenvalue weighted by atomic mass is 35.5. The summed E-state index contributed by atoms with van der Waals surface area (Å²) < 4.78 is 6.85. The van der Waals surface area contributed by atoms with Gasteiger partial charge in [-0.15, -0.1) is 0 Å². The van der Waals surface area contributed by atoms with E-state index in [0.717, 1.165) is 5.56 Å². The first kappa shape index (κ1) is 12.9. The lowest BCUT2D eigenvalue weighted by Crippen LogP contribution is -2.00. The van der Waals surface area contributed by atoms with Crippen LogP contribution in [0.5, 0.6) is 5.88 Å². The number of aromatic nitrogens is 2. The molecule has 0 fully saturated rings. The fourth-order valence-corrected chi connectivity index (χ4v) is 2.67. The number of nitro groups is 1. The summed E-state index contributed by atoms with van der Waals surface area (Å²) in [7, 11) is 0. The lowest BCUT2D eigenvalue weighted by atomic mass is 10.2. The first-order chi connectivity index (χ1) is 9.66. The van der Waals surface area contributed by atoms with Crippen molar-refractivity contribution in [3.63, 3.8) is 0 Å². The number of halogens is 1. The molecule has 20 heavy (non-hydrogen) atoms. The molecular formula is C12H8ClN3O3S. The minimum Gasteiger partial charge on any atom is -0.467 e. The van der Waals surface area contributed by atoms with Crippen LogP contribution in [-0.2, 0) is 6.61 Å². The molecule has 0 aliphatic carbocycles. The third-order valence-electron chi connectivity index (χ3n) is 2.70. The van der Waals surface area contributed by atoms with Crippen LogP contribution in [0.2, 0.25) is 5.02 Å². The average Bonchev–Trinajstić information content (AvgIpc) is 2.97. The van der Waals surface area contributed by atoms with Gasteiger partial charge in [0.05, 0.1) is 0 Å². The maximum absolute atomic E-state index is 11.1. The minimum atomic E-state index is -0.505. The summed E-state index contributed by atoms with van der Waals surface area (Å²) in [4.78, 5) is 15.2. The Kier molecular flexibility index (Phi) is 3.29. The number of thiazole rings is 1. The van der Waals surface area contributed by atoms with Crippen molar-refractivity contribution in [2.75, 3.05) is 0 Å². The summed E-state index contributed by atoms with van der Waals surface area (Å²) in [6, 6.07) is 7.17. The standard InChI is InChI=1S/C12H8ClN3O3S/c13-9-4-2-1-3-8(9)7-19-10-11(16(17)18)15-5-6-20-12(15)14-10/h1-6H,7H2. The van der Waals surface area contributed by atoms with Gasteiger partial charge in [-0.25, -0.2) is 0 Å². The molecule has 0 N–H and O–H groups in total. The second-order valence-corrected chi connectivity index (χ2v) is 5.21. The number of rotatable bonds is 4. The highest BCUT2D eigenvalue weighted by molar-refractivity contribution is 7.15. The van der Waals surface area contributed by atoms with E-state index in [1.807, 2.05) is 6.07 Å². The Bertz CT molecular complexity index is 783. The molecule has 0 aliphatic heterocycles. The summed E-state index contributed by atoms with van der Waals surface area (Å²) in [6.45, 7) is 0.130. The van der Waals surface area contributed by atoms with E-state index >= 15 is 0 Å². The summed E-state index contributed by atoms with van der Waals surface area (Å²) in [5, 5.41) is 13.4. The number of ether oxygens (including phenoxy) is 1. The number of fused-ring (bicyclic) bond motifs is 1.